The molecule has 92 valence electrons. The van der Waals surface area contributed by atoms with Gasteiger partial charge in [0.2, 0.25) is 0 Å². The molecule has 0 saturated carbocycles. The molecule has 0 fully saturated rings. The number of hydrogen-bond donors (Lipinski definition) is 2. The number of pyridine rings is 1. The Morgan fingerprint density at radius 3 is 2.94 bits per heavy atom. The summed E-state index contributed by atoms with van der Waals surface area (Å²) in [6.07, 6.45) is 0.768. The Hall–Kier alpha value is -1.33. The summed E-state index contributed by atoms with van der Waals surface area (Å²) in [5.74, 6) is 0.122. The minimum absolute atomic E-state index is 0.0596. The van der Waals surface area contributed by atoms with Crippen LogP contribution in [0.3, 0.4) is 0 Å². The van der Waals surface area contributed by atoms with E-state index in [-0.39, 0.29) is 18.0 Å². The maximum Gasteiger partial charge on any atom is 0.282 e. The number of rotatable bonds is 4. The van der Waals surface area contributed by atoms with Crippen LogP contribution in [0.1, 0.15) is 18.0 Å². The zero-order chi connectivity index (χ0) is 12.3. The quantitative estimate of drug-likeness (QED) is 0.781. The van der Waals surface area contributed by atoms with E-state index >= 15 is 0 Å². The fourth-order valence-electron chi connectivity index (χ4n) is 1.87. The van der Waals surface area contributed by atoms with Gasteiger partial charge in [0.15, 0.2) is 0 Å². The van der Waals surface area contributed by atoms with Crippen molar-refractivity contribution in [2.24, 2.45) is 16.5 Å². The Morgan fingerprint density at radius 1 is 1.53 bits per heavy atom. The minimum atomic E-state index is 0.0596. The first-order chi connectivity index (χ1) is 8.19. The summed E-state index contributed by atoms with van der Waals surface area (Å²) in [6.45, 7) is 1.02. The van der Waals surface area contributed by atoms with Crippen molar-refractivity contribution in [3.63, 3.8) is 0 Å². The van der Waals surface area contributed by atoms with Gasteiger partial charge in [-0.1, -0.05) is 17.7 Å². The van der Waals surface area contributed by atoms with Crippen molar-refractivity contribution in [2.75, 3.05) is 13.2 Å². The van der Waals surface area contributed by atoms with Gasteiger partial charge in [-0.05, 0) is 18.6 Å². The van der Waals surface area contributed by atoms with E-state index in [1.165, 1.54) is 0 Å². The normalized spacial score (nSPS) is 20.8. The molecule has 0 amide bonds. The summed E-state index contributed by atoms with van der Waals surface area (Å²) in [7, 11) is 0. The standard InChI is InChI=1S/C11H15ClN4O/c12-10-3-1-2-9(16-10)7(5-13)4-8-6-17-11(14)15-8/h1-3,7-8H,4-6,13H2,(H2,14,15). The van der Waals surface area contributed by atoms with Crippen LogP contribution in [0.4, 0.5) is 0 Å². The van der Waals surface area contributed by atoms with Crippen LogP contribution in [0.5, 0.6) is 0 Å². The van der Waals surface area contributed by atoms with Crippen LogP contribution in [-0.2, 0) is 4.74 Å². The molecule has 1 aliphatic heterocycles. The number of ether oxygens (including phenoxy) is 1. The zero-order valence-electron chi connectivity index (χ0n) is 9.34. The molecule has 2 rings (SSSR count). The van der Waals surface area contributed by atoms with Crippen molar-refractivity contribution >= 4 is 17.6 Å². The van der Waals surface area contributed by atoms with E-state index in [4.69, 9.17) is 27.8 Å². The predicted octanol–water partition coefficient (Wildman–Crippen LogP) is 0.881. The molecule has 0 bridgehead atoms. The van der Waals surface area contributed by atoms with Gasteiger partial charge < -0.3 is 16.2 Å². The molecule has 0 saturated heterocycles. The number of hydrogen-bond acceptors (Lipinski definition) is 5. The third-order valence-electron chi connectivity index (χ3n) is 2.73. The maximum atomic E-state index is 5.86. The molecular formula is C11H15ClN4O. The van der Waals surface area contributed by atoms with Crippen molar-refractivity contribution in [3.05, 3.63) is 29.0 Å². The molecule has 0 aliphatic carbocycles. The number of aliphatic imine (C=N–C) groups is 1. The molecule has 1 aromatic heterocycles. The Kier molecular flexibility index (Phi) is 3.81. The highest BCUT2D eigenvalue weighted by atomic mass is 35.5. The minimum Gasteiger partial charge on any atom is -0.463 e. The van der Waals surface area contributed by atoms with E-state index < -0.39 is 0 Å². The molecular weight excluding hydrogens is 240 g/mol. The van der Waals surface area contributed by atoms with Crippen LogP contribution < -0.4 is 11.5 Å². The second kappa shape index (κ2) is 5.33. The Bertz CT molecular complexity index is 424. The lowest BCUT2D eigenvalue weighted by molar-refractivity contribution is 0.301. The molecule has 5 nitrogen and oxygen atoms in total. The molecule has 0 radical (unpaired) electrons. The van der Waals surface area contributed by atoms with E-state index in [0.717, 1.165) is 12.1 Å². The molecule has 2 unspecified atom stereocenters. The molecule has 6 heteroatoms. The summed E-state index contributed by atoms with van der Waals surface area (Å²) in [6, 6.07) is 5.85. The fraction of sp³-hybridized carbons (Fsp3) is 0.455. The molecule has 1 aliphatic rings. The second-order valence-electron chi connectivity index (χ2n) is 3.99. The first-order valence-corrected chi connectivity index (χ1v) is 5.85. The molecule has 4 N–H and O–H groups in total. The van der Waals surface area contributed by atoms with Crippen LogP contribution in [0.2, 0.25) is 5.15 Å². The Labute approximate surface area is 105 Å². The Morgan fingerprint density at radius 2 is 2.35 bits per heavy atom. The number of halogens is 1. The van der Waals surface area contributed by atoms with Gasteiger partial charge in [-0.2, -0.15) is 0 Å². The lowest BCUT2D eigenvalue weighted by Gasteiger charge is -2.16. The van der Waals surface area contributed by atoms with Gasteiger partial charge in [0, 0.05) is 18.2 Å². The van der Waals surface area contributed by atoms with Gasteiger partial charge in [-0.25, -0.2) is 9.98 Å². The van der Waals surface area contributed by atoms with Crippen molar-refractivity contribution in [1.82, 2.24) is 4.98 Å². The van der Waals surface area contributed by atoms with Crippen LogP contribution in [0.25, 0.3) is 0 Å². The maximum absolute atomic E-state index is 5.86. The third kappa shape index (κ3) is 3.08. The number of aromatic nitrogens is 1. The number of nitrogens with two attached hydrogens (primary N) is 2. The smallest absolute Gasteiger partial charge is 0.282 e. The summed E-state index contributed by atoms with van der Waals surface area (Å²) in [4.78, 5) is 8.45. The van der Waals surface area contributed by atoms with Crippen molar-refractivity contribution in [3.8, 4) is 0 Å². The van der Waals surface area contributed by atoms with Crippen LogP contribution in [0.15, 0.2) is 23.2 Å². The second-order valence-corrected chi connectivity index (χ2v) is 4.37. The third-order valence-corrected chi connectivity index (χ3v) is 2.94. The van der Waals surface area contributed by atoms with Crippen LogP contribution in [-0.4, -0.2) is 30.2 Å². The fourth-order valence-corrected chi connectivity index (χ4v) is 2.04. The van der Waals surface area contributed by atoms with E-state index in [2.05, 4.69) is 9.98 Å². The first kappa shape index (κ1) is 12.1. The van der Waals surface area contributed by atoms with Crippen LogP contribution >= 0.6 is 11.6 Å². The van der Waals surface area contributed by atoms with Gasteiger partial charge in [0.25, 0.3) is 6.02 Å². The average Bonchev–Trinajstić information content (AvgIpc) is 2.72. The molecule has 1 aromatic rings. The van der Waals surface area contributed by atoms with Crippen molar-refractivity contribution in [2.45, 2.75) is 18.4 Å². The van der Waals surface area contributed by atoms with E-state index in [1.807, 2.05) is 12.1 Å². The van der Waals surface area contributed by atoms with Gasteiger partial charge in [0.05, 0.1) is 6.04 Å². The summed E-state index contributed by atoms with van der Waals surface area (Å²) >= 11 is 5.86. The monoisotopic (exact) mass is 254 g/mol. The van der Waals surface area contributed by atoms with E-state index in [9.17, 15) is 0 Å². The molecule has 2 atom stereocenters. The van der Waals surface area contributed by atoms with Gasteiger partial charge in [-0.3, -0.25) is 0 Å². The van der Waals surface area contributed by atoms with Crippen molar-refractivity contribution < 1.29 is 4.74 Å². The highest BCUT2D eigenvalue weighted by molar-refractivity contribution is 6.29. The lowest BCUT2D eigenvalue weighted by Crippen LogP contribution is -2.20. The zero-order valence-corrected chi connectivity index (χ0v) is 10.1. The van der Waals surface area contributed by atoms with Gasteiger partial charge >= 0.3 is 0 Å². The summed E-state index contributed by atoms with van der Waals surface area (Å²) in [5, 5.41) is 0.478. The van der Waals surface area contributed by atoms with Crippen molar-refractivity contribution in [1.29, 1.82) is 0 Å². The largest absolute Gasteiger partial charge is 0.463 e. The molecule has 0 aromatic carbocycles. The van der Waals surface area contributed by atoms with E-state index in [0.29, 0.717) is 18.3 Å². The number of nitrogens with zero attached hydrogens (tertiary/aromatic N) is 2. The summed E-state index contributed by atoms with van der Waals surface area (Å²) in [5.41, 5.74) is 12.1. The predicted molar refractivity (Wildman–Crippen MR) is 67.0 cm³/mol. The topological polar surface area (TPSA) is 86.5 Å². The SMILES string of the molecule is NCC(CC1COC(N)=N1)c1cccc(Cl)n1. The van der Waals surface area contributed by atoms with E-state index in [1.54, 1.807) is 6.07 Å². The highest BCUT2D eigenvalue weighted by Crippen LogP contribution is 2.22. The number of amidine groups is 1. The highest BCUT2D eigenvalue weighted by Gasteiger charge is 2.22. The summed E-state index contributed by atoms with van der Waals surface area (Å²) < 4.78 is 5.11. The van der Waals surface area contributed by atoms with Gasteiger partial charge in [0.1, 0.15) is 11.8 Å². The Balaban J connectivity index is 2.06. The van der Waals surface area contributed by atoms with Crippen LogP contribution in [0, 0.1) is 0 Å². The first-order valence-electron chi connectivity index (χ1n) is 5.47. The average molecular weight is 255 g/mol. The lowest BCUT2D eigenvalue weighted by atomic mass is 9.97. The molecule has 0 spiro atoms. The molecule has 17 heavy (non-hydrogen) atoms. The van der Waals surface area contributed by atoms with Gasteiger partial charge in [-0.15, -0.1) is 0 Å². The molecule has 2 heterocycles.